The van der Waals surface area contributed by atoms with Gasteiger partial charge in [0.2, 0.25) is 0 Å². The zero-order valence-electron chi connectivity index (χ0n) is 9.84. The van der Waals surface area contributed by atoms with E-state index < -0.39 is 5.82 Å². The lowest BCUT2D eigenvalue weighted by Gasteiger charge is -2.13. The Morgan fingerprint density at radius 3 is 2.32 bits per heavy atom. The molecular formula is C14H11Cl3FN. The molecule has 0 amide bonds. The van der Waals surface area contributed by atoms with Crippen molar-refractivity contribution in [2.45, 2.75) is 12.5 Å². The van der Waals surface area contributed by atoms with Gasteiger partial charge in [0.1, 0.15) is 5.82 Å². The van der Waals surface area contributed by atoms with Gasteiger partial charge in [-0.15, -0.1) is 0 Å². The van der Waals surface area contributed by atoms with Crippen molar-refractivity contribution in [3.8, 4) is 0 Å². The Labute approximate surface area is 126 Å². The van der Waals surface area contributed by atoms with Crippen LogP contribution in [0.5, 0.6) is 0 Å². The van der Waals surface area contributed by atoms with Gasteiger partial charge in [0.15, 0.2) is 0 Å². The highest BCUT2D eigenvalue weighted by Gasteiger charge is 2.10. The number of benzene rings is 2. The molecule has 19 heavy (non-hydrogen) atoms. The average Bonchev–Trinajstić information content (AvgIpc) is 2.37. The lowest BCUT2D eigenvalue weighted by atomic mass is 10.00. The van der Waals surface area contributed by atoms with E-state index in [1.165, 1.54) is 6.07 Å². The molecule has 0 bridgehead atoms. The fourth-order valence-corrected chi connectivity index (χ4v) is 2.29. The van der Waals surface area contributed by atoms with Crippen molar-refractivity contribution in [1.29, 1.82) is 0 Å². The highest BCUT2D eigenvalue weighted by Crippen LogP contribution is 2.27. The second-order valence-electron chi connectivity index (χ2n) is 4.23. The minimum absolute atomic E-state index is 0.0961. The minimum atomic E-state index is -0.437. The highest BCUT2D eigenvalue weighted by atomic mass is 35.5. The van der Waals surface area contributed by atoms with Crippen molar-refractivity contribution < 1.29 is 4.39 Å². The number of hydrogen-bond donors (Lipinski definition) is 1. The van der Waals surface area contributed by atoms with E-state index in [-0.39, 0.29) is 11.1 Å². The second-order valence-corrected chi connectivity index (χ2v) is 5.45. The Morgan fingerprint density at radius 2 is 1.68 bits per heavy atom. The maximum absolute atomic E-state index is 13.1. The van der Waals surface area contributed by atoms with Crippen LogP contribution in [0.25, 0.3) is 0 Å². The van der Waals surface area contributed by atoms with Crippen molar-refractivity contribution in [2.24, 2.45) is 5.73 Å². The topological polar surface area (TPSA) is 26.0 Å². The Kier molecular flexibility index (Phi) is 4.69. The monoisotopic (exact) mass is 317 g/mol. The Balaban J connectivity index is 2.17. The zero-order valence-corrected chi connectivity index (χ0v) is 12.1. The van der Waals surface area contributed by atoms with Gasteiger partial charge in [-0.05, 0) is 41.8 Å². The molecule has 0 saturated carbocycles. The summed E-state index contributed by atoms with van der Waals surface area (Å²) in [5.74, 6) is -0.437. The number of halogens is 4. The van der Waals surface area contributed by atoms with Crippen molar-refractivity contribution in [2.75, 3.05) is 0 Å². The summed E-state index contributed by atoms with van der Waals surface area (Å²) in [5.41, 5.74) is 7.83. The number of nitrogens with two attached hydrogens (primary N) is 1. The van der Waals surface area contributed by atoms with Crippen LogP contribution in [-0.2, 0) is 6.42 Å². The first-order valence-electron chi connectivity index (χ1n) is 5.62. The first-order chi connectivity index (χ1) is 8.97. The summed E-state index contributed by atoms with van der Waals surface area (Å²) < 4.78 is 13.1. The van der Waals surface area contributed by atoms with Gasteiger partial charge in [0, 0.05) is 6.04 Å². The van der Waals surface area contributed by atoms with E-state index in [2.05, 4.69) is 0 Å². The molecule has 0 heterocycles. The van der Waals surface area contributed by atoms with Crippen LogP contribution in [0.4, 0.5) is 4.39 Å². The molecule has 0 spiro atoms. The van der Waals surface area contributed by atoms with Gasteiger partial charge < -0.3 is 5.73 Å². The highest BCUT2D eigenvalue weighted by molar-refractivity contribution is 6.42. The third kappa shape index (κ3) is 3.61. The predicted octanol–water partition coefficient (Wildman–Crippen LogP) is 5.03. The molecule has 0 aromatic heterocycles. The summed E-state index contributed by atoms with van der Waals surface area (Å²) in [6.07, 6.45) is 0.540. The van der Waals surface area contributed by atoms with Gasteiger partial charge in [0.05, 0.1) is 15.1 Å². The lowest BCUT2D eigenvalue weighted by Crippen LogP contribution is -2.13. The average molecular weight is 319 g/mol. The predicted molar refractivity (Wildman–Crippen MR) is 78.5 cm³/mol. The van der Waals surface area contributed by atoms with Gasteiger partial charge in [-0.3, -0.25) is 0 Å². The molecule has 1 unspecified atom stereocenters. The van der Waals surface area contributed by atoms with Crippen LogP contribution in [-0.4, -0.2) is 0 Å². The first-order valence-corrected chi connectivity index (χ1v) is 6.75. The standard InChI is InChI=1S/C14H11Cl3FN/c15-10-3-2-9(7-11(10)16)14(19)6-8-1-4-13(18)12(17)5-8/h1-5,7,14H,6,19H2. The van der Waals surface area contributed by atoms with E-state index in [0.29, 0.717) is 16.5 Å². The summed E-state index contributed by atoms with van der Waals surface area (Å²) >= 11 is 17.5. The third-order valence-corrected chi connectivity index (χ3v) is 3.84. The zero-order chi connectivity index (χ0) is 14.0. The third-order valence-electron chi connectivity index (χ3n) is 2.81. The largest absolute Gasteiger partial charge is 0.324 e. The van der Waals surface area contributed by atoms with Gasteiger partial charge in [0.25, 0.3) is 0 Å². The van der Waals surface area contributed by atoms with E-state index in [9.17, 15) is 4.39 Å². The molecule has 1 atom stereocenters. The summed E-state index contributed by atoms with van der Waals surface area (Å²) in [6.45, 7) is 0. The van der Waals surface area contributed by atoms with E-state index in [4.69, 9.17) is 40.5 Å². The SMILES string of the molecule is NC(Cc1ccc(F)c(Cl)c1)c1ccc(Cl)c(Cl)c1. The van der Waals surface area contributed by atoms with E-state index in [0.717, 1.165) is 11.1 Å². The van der Waals surface area contributed by atoms with Crippen LogP contribution in [0.1, 0.15) is 17.2 Å². The maximum Gasteiger partial charge on any atom is 0.141 e. The lowest BCUT2D eigenvalue weighted by molar-refractivity contribution is 0.626. The number of rotatable bonds is 3. The molecule has 0 fully saturated rings. The molecule has 5 heteroatoms. The first kappa shape index (κ1) is 14.6. The number of hydrogen-bond acceptors (Lipinski definition) is 1. The quantitative estimate of drug-likeness (QED) is 0.844. The summed E-state index contributed by atoms with van der Waals surface area (Å²) in [6, 6.07) is 9.59. The molecule has 0 aliphatic heterocycles. The second kappa shape index (κ2) is 6.10. The molecular weight excluding hydrogens is 308 g/mol. The molecule has 0 saturated heterocycles. The molecule has 0 aliphatic rings. The molecule has 2 N–H and O–H groups in total. The van der Waals surface area contributed by atoms with E-state index >= 15 is 0 Å². The normalized spacial score (nSPS) is 12.5. The summed E-state index contributed by atoms with van der Waals surface area (Å²) in [7, 11) is 0. The molecule has 2 aromatic carbocycles. The van der Waals surface area contributed by atoms with Crippen LogP contribution in [0.15, 0.2) is 36.4 Å². The molecule has 2 aromatic rings. The molecule has 100 valence electrons. The van der Waals surface area contributed by atoms with Crippen LogP contribution >= 0.6 is 34.8 Å². The van der Waals surface area contributed by atoms with Gasteiger partial charge in [-0.1, -0.05) is 46.9 Å². The molecule has 0 radical (unpaired) electrons. The van der Waals surface area contributed by atoms with Gasteiger partial charge >= 0.3 is 0 Å². The van der Waals surface area contributed by atoms with Crippen molar-refractivity contribution in [3.05, 3.63) is 68.4 Å². The van der Waals surface area contributed by atoms with Gasteiger partial charge in [-0.2, -0.15) is 0 Å². The maximum atomic E-state index is 13.1. The van der Waals surface area contributed by atoms with Crippen molar-refractivity contribution in [1.82, 2.24) is 0 Å². The summed E-state index contributed by atoms with van der Waals surface area (Å²) in [5, 5.41) is 1.05. The van der Waals surface area contributed by atoms with Crippen LogP contribution < -0.4 is 5.73 Å². The summed E-state index contributed by atoms with van der Waals surface area (Å²) in [4.78, 5) is 0. The van der Waals surface area contributed by atoms with Crippen LogP contribution in [0, 0.1) is 5.82 Å². The van der Waals surface area contributed by atoms with Crippen molar-refractivity contribution in [3.63, 3.8) is 0 Å². The molecule has 2 rings (SSSR count). The van der Waals surface area contributed by atoms with E-state index in [1.807, 2.05) is 6.07 Å². The van der Waals surface area contributed by atoms with Crippen LogP contribution in [0.3, 0.4) is 0 Å². The fourth-order valence-electron chi connectivity index (χ4n) is 1.78. The smallest absolute Gasteiger partial charge is 0.141 e. The Morgan fingerprint density at radius 1 is 0.947 bits per heavy atom. The minimum Gasteiger partial charge on any atom is -0.324 e. The molecule has 0 aliphatic carbocycles. The van der Waals surface area contributed by atoms with Crippen molar-refractivity contribution >= 4 is 34.8 Å². The van der Waals surface area contributed by atoms with Gasteiger partial charge in [-0.25, -0.2) is 4.39 Å². The van der Waals surface area contributed by atoms with Crippen LogP contribution in [0.2, 0.25) is 15.1 Å². The molecule has 1 nitrogen and oxygen atoms in total. The fraction of sp³-hybridized carbons (Fsp3) is 0.143. The Bertz CT molecular complexity index is 601. The Hall–Kier alpha value is -0.800. The van der Waals surface area contributed by atoms with E-state index in [1.54, 1.807) is 24.3 Å².